The maximum Gasteiger partial charge on any atom is 0.496 e. The van der Waals surface area contributed by atoms with Gasteiger partial charge in [0.25, 0.3) is 0 Å². The van der Waals surface area contributed by atoms with Gasteiger partial charge in [-0.15, -0.1) is 0 Å². The van der Waals surface area contributed by atoms with Crippen molar-refractivity contribution in [1.29, 1.82) is 0 Å². The Labute approximate surface area is 108 Å². The minimum atomic E-state index is -0.453. The van der Waals surface area contributed by atoms with Gasteiger partial charge in [-0.2, -0.15) is 0 Å². The number of rotatable bonds is 1. The zero-order valence-electron chi connectivity index (χ0n) is 11.6. The van der Waals surface area contributed by atoms with E-state index in [9.17, 15) is 0 Å². The van der Waals surface area contributed by atoms with Crippen molar-refractivity contribution in [1.82, 2.24) is 4.98 Å². The highest BCUT2D eigenvalue weighted by atomic mass is 16.7. The molecule has 98 valence electrons. The molecule has 18 heavy (non-hydrogen) atoms. The molecule has 1 aliphatic rings. The van der Waals surface area contributed by atoms with Gasteiger partial charge in [0.15, 0.2) is 0 Å². The molecular weight excluding hydrogens is 229 g/mol. The average molecular weight is 249 g/mol. The standard InChI is InChI=1S/C12H20BN3O2/c1-7-8(6-9(14)10(15)16-7)13-17-11(2,3)12(4,5)18-13/h6H,14H2,1-5H3,(H2,15,16). The summed E-state index contributed by atoms with van der Waals surface area (Å²) in [4.78, 5) is 4.21. The third kappa shape index (κ3) is 1.95. The summed E-state index contributed by atoms with van der Waals surface area (Å²) in [5.74, 6) is 0.341. The van der Waals surface area contributed by atoms with Crippen LogP contribution in [0.1, 0.15) is 33.4 Å². The molecule has 1 aliphatic heterocycles. The predicted octanol–water partition coefficient (Wildman–Crippen LogP) is 0.854. The summed E-state index contributed by atoms with van der Waals surface area (Å²) in [5, 5.41) is 0. The van der Waals surface area contributed by atoms with E-state index < -0.39 is 7.12 Å². The van der Waals surface area contributed by atoms with Crippen molar-refractivity contribution in [3.05, 3.63) is 11.8 Å². The van der Waals surface area contributed by atoms with Crippen LogP contribution < -0.4 is 16.9 Å². The molecule has 2 heterocycles. The Balaban J connectivity index is 2.38. The number of aryl methyl sites for hydroxylation is 1. The van der Waals surface area contributed by atoms with Crippen molar-refractivity contribution in [2.24, 2.45) is 0 Å². The first-order valence-electron chi connectivity index (χ1n) is 6.02. The fraction of sp³-hybridized carbons (Fsp3) is 0.583. The minimum Gasteiger partial charge on any atom is -0.399 e. The number of hydrogen-bond acceptors (Lipinski definition) is 5. The lowest BCUT2D eigenvalue weighted by atomic mass is 9.78. The topological polar surface area (TPSA) is 83.4 Å². The maximum atomic E-state index is 5.97. The van der Waals surface area contributed by atoms with E-state index in [-0.39, 0.29) is 11.2 Å². The fourth-order valence-corrected chi connectivity index (χ4v) is 1.86. The highest BCUT2D eigenvalue weighted by Gasteiger charge is 2.52. The number of pyridine rings is 1. The zero-order chi connectivity index (χ0) is 13.7. The number of nitrogens with zero attached hydrogens (tertiary/aromatic N) is 1. The summed E-state index contributed by atoms with van der Waals surface area (Å²) in [5.41, 5.74) is 12.8. The Hall–Kier alpha value is -1.27. The lowest BCUT2D eigenvalue weighted by Crippen LogP contribution is -2.41. The van der Waals surface area contributed by atoms with Gasteiger partial charge in [0, 0.05) is 11.2 Å². The number of nitrogens with two attached hydrogens (primary N) is 2. The van der Waals surface area contributed by atoms with Crippen LogP contribution in [0.3, 0.4) is 0 Å². The average Bonchev–Trinajstić information content (AvgIpc) is 2.42. The summed E-state index contributed by atoms with van der Waals surface area (Å²) >= 11 is 0. The molecule has 0 radical (unpaired) electrons. The van der Waals surface area contributed by atoms with E-state index in [2.05, 4.69) is 4.98 Å². The Kier molecular flexibility index (Phi) is 2.83. The highest BCUT2D eigenvalue weighted by molar-refractivity contribution is 6.62. The van der Waals surface area contributed by atoms with Crippen LogP contribution >= 0.6 is 0 Å². The van der Waals surface area contributed by atoms with Crippen LogP contribution in [-0.2, 0) is 9.31 Å². The largest absolute Gasteiger partial charge is 0.496 e. The van der Waals surface area contributed by atoms with E-state index in [4.69, 9.17) is 20.8 Å². The first-order chi connectivity index (χ1) is 8.14. The van der Waals surface area contributed by atoms with E-state index in [1.165, 1.54) is 0 Å². The van der Waals surface area contributed by atoms with Gasteiger partial charge in [-0.3, -0.25) is 0 Å². The summed E-state index contributed by atoms with van der Waals surface area (Å²) < 4.78 is 11.9. The Morgan fingerprint density at radius 3 is 2.11 bits per heavy atom. The van der Waals surface area contributed by atoms with Crippen LogP contribution in [0.5, 0.6) is 0 Å². The molecular formula is C12H20BN3O2. The van der Waals surface area contributed by atoms with Gasteiger partial charge in [-0.1, -0.05) is 0 Å². The van der Waals surface area contributed by atoms with Gasteiger partial charge in [0.2, 0.25) is 0 Å². The van der Waals surface area contributed by atoms with E-state index in [1.807, 2.05) is 34.6 Å². The molecule has 6 heteroatoms. The smallest absolute Gasteiger partial charge is 0.399 e. The van der Waals surface area contributed by atoms with Crippen LogP contribution in [0.2, 0.25) is 0 Å². The molecule has 1 aromatic rings. The lowest BCUT2D eigenvalue weighted by Gasteiger charge is -2.32. The second kappa shape index (κ2) is 3.86. The van der Waals surface area contributed by atoms with Gasteiger partial charge < -0.3 is 20.8 Å². The minimum absolute atomic E-state index is 0.341. The fourth-order valence-electron chi connectivity index (χ4n) is 1.86. The van der Waals surface area contributed by atoms with Crippen LogP contribution in [0, 0.1) is 6.92 Å². The molecule has 1 saturated heterocycles. The highest BCUT2D eigenvalue weighted by Crippen LogP contribution is 2.36. The quantitative estimate of drug-likeness (QED) is 0.721. The van der Waals surface area contributed by atoms with E-state index in [0.29, 0.717) is 11.5 Å². The molecule has 0 spiro atoms. The van der Waals surface area contributed by atoms with Crippen molar-refractivity contribution in [2.75, 3.05) is 11.5 Å². The van der Waals surface area contributed by atoms with Crippen LogP contribution in [0.15, 0.2) is 6.07 Å². The Bertz CT molecular complexity index is 472. The third-order valence-corrected chi connectivity index (χ3v) is 3.82. The van der Waals surface area contributed by atoms with Gasteiger partial charge in [0.1, 0.15) is 5.82 Å². The molecule has 0 saturated carbocycles. The second-order valence-electron chi connectivity index (χ2n) is 5.73. The molecule has 1 aromatic heterocycles. The molecule has 5 nitrogen and oxygen atoms in total. The van der Waals surface area contributed by atoms with Gasteiger partial charge >= 0.3 is 7.12 Å². The Morgan fingerprint density at radius 2 is 1.61 bits per heavy atom. The van der Waals surface area contributed by atoms with Crippen molar-refractivity contribution in [3.63, 3.8) is 0 Å². The first-order valence-corrected chi connectivity index (χ1v) is 6.02. The molecule has 0 amide bonds. The van der Waals surface area contributed by atoms with E-state index >= 15 is 0 Å². The lowest BCUT2D eigenvalue weighted by molar-refractivity contribution is 0.00578. The van der Waals surface area contributed by atoms with Crippen molar-refractivity contribution < 1.29 is 9.31 Å². The monoisotopic (exact) mass is 249 g/mol. The summed E-state index contributed by atoms with van der Waals surface area (Å²) in [6.07, 6.45) is 0. The molecule has 2 rings (SSSR count). The molecule has 0 aliphatic carbocycles. The predicted molar refractivity (Wildman–Crippen MR) is 73.5 cm³/mol. The van der Waals surface area contributed by atoms with Crippen LogP contribution in [-0.4, -0.2) is 23.3 Å². The third-order valence-electron chi connectivity index (χ3n) is 3.82. The van der Waals surface area contributed by atoms with Gasteiger partial charge in [-0.25, -0.2) is 4.98 Å². The number of anilines is 2. The zero-order valence-corrected chi connectivity index (χ0v) is 11.6. The second-order valence-corrected chi connectivity index (χ2v) is 5.73. The summed E-state index contributed by atoms with van der Waals surface area (Å²) in [7, 11) is -0.453. The SMILES string of the molecule is Cc1nc(N)c(N)cc1B1OC(C)(C)C(C)(C)O1. The molecule has 0 unspecified atom stereocenters. The van der Waals surface area contributed by atoms with Crippen molar-refractivity contribution >= 4 is 24.1 Å². The van der Waals surface area contributed by atoms with E-state index in [0.717, 1.165) is 11.2 Å². The van der Waals surface area contributed by atoms with Crippen molar-refractivity contribution in [3.8, 4) is 0 Å². The van der Waals surface area contributed by atoms with Gasteiger partial charge in [0.05, 0.1) is 16.9 Å². The first kappa shape index (κ1) is 13.2. The Morgan fingerprint density at radius 1 is 1.11 bits per heavy atom. The van der Waals surface area contributed by atoms with E-state index in [1.54, 1.807) is 6.07 Å². The molecule has 0 bridgehead atoms. The number of nitrogen functional groups attached to an aromatic ring is 2. The summed E-state index contributed by atoms with van der Waals surface area (Å²) in [6, 6.07) is 1.78. The number of aromatic nitrogens is 1. The maximum absolute atomic E-state index is 5.97. The number of hydrogen-bond donors (Lipinski definition) is 2. The molecule has 0 aromatic carbocycles. The van der Waals surface area contributed by atoms with Crippen LogP contribution in [0.4, 0.5) is 11.5 Å². The molecule has 0 atom stereocenters. The normalized spacial score (nSPS) is 21.3. The van der Waals surface area contributed by atoms with Crippen LogP contribution in [0.25, 0.3) is 0 Å². The molecule has 1 fully saturated rings. The summed E-state index contributed by atoms with van der Waals surface area (Å²) in [6.45, 7) is 9.91. The molecule has 4 N–H and O–H groups in total. The van der Waals surface area contributed by atoms with Gasteiger partial charge in [-0.05, 0) is 40.7 Å². The van der Waals surface area contributed by atoms with Crippen molar-refractivity contribution in [2.45, 2.75) is 45.8 Å².